The molecule has 0 aliphatic heterocycles. The van der Waals surface area contributed by atoms with Crippen LogP contribution in [0.3, 0.4) is 0 Å². The van der Waals surface area contributed by atoms with E-state index in [1.807, 2.05) is 0 Å². The minimum absolute atomic E-state index is 0.111. The van der Waals surface area contributed by atoms with Gasteiger partial charge in [0.25, 0.3) is 12.1 Å². The molecule has 0 atom stereocenters. The monoisotopic (exact) mass is 260 g/mol. The molecule has 1 heterocycles. The van der Waals surface area contributed by atoms with Crippen LogP contribution in [0.4, 0.5) is 14.5 Å². The molecule has 0 saturated heterocycles. The number of halogens is 2. The largest absolute Gasteiger partial charge is 0.466 e. The number of rotatable bonds is 5. The van der Waals surface area contributed by atoms with Crippen LogP contribution in [0.1, 0.15) is 24.6 Å². The molecule has 0 fully saturated rings. The van der Waals surface area contributed by atoms with Crippen LogP contribution in [0.15, 0.2) is 12.3 Å². The lowest BCUT2D eigenvalue weighted by Crippen LogP contribution is -2.10. The molecule has 0 aliphatic rings. The summed E-state index contributed by atoms with van der Waals surface area (Å²) in [6, 6.07) is 0.847. The Hall–Kier alpha value is -2.12. The summed E-state index contributed by atoms with van der Waals surface area (Å²) in [7, 11) is 0. The molecule has 0 N–H and O–H groups in total. The fraction of sp³-hybridized carbons (Fsp3) is 0.400. The first-order chi connectivity index (χ1) is 8.45. The minimum atomic E-state index is -2.85. The lowest BCUT2D eigenvalue weighted by molar-refractivity contribution is -0.385. The molecule has 98 valence electrons. The second-order valence-corrected chi connectivity index (χ2v) is 3.28. The third-order valence-electron chi connectivity index (χ3n) is 2.05. The molecule has 0 radical (unpaired) electrons. The van der Waals surface area contributed by atoms with Crippen LogP contribution in [-0.2, 0) is 16.0 Å². The molecule has 8 heteroatoms. The van der Waals surface area contributed by atoms with E-state index in [2.05, 4.69) is 9.72 Å². The molecule has 6 nitrogen and oxygen atoms in total. The van der Waals surface area contributed by atoms with Crippen LogP contribution in [0, 0.1) is 10.1 Å². The number of nitrogens with zero attached hydrogens (tertiary/aromatic N) is 2. The van der Waals surface area contributed by atoms with Gasteiger partial charge in [-0.2, -0.15) is 0 Å². The Balaban J connectivity index is 3.07. The number of esters is 1. The van der Waals surface area contributed by atoms with Gasteiger partial charge >= 0.3 is 5.97 Å². The van der Waals surface area contributed by atoms with Crippen LogP contribution in [-0.4, -0.2) is 22.5 Å². The number of aromatic nitrogens is 1. The standard InChI is InChI=1S/C10H10F2N2O4/c1-2-18-9(15)4-6-3-7(10(11)12)13-5-8(6)14(16)17/h3,5,10H,2,4H2,1H3. The third-order valence-corrected chi connectivity index (χ3v) is 2.05. The smallest absolute Gasteiger partial charge is 0.310 e. The number of carbonyl (C=O) groups excluding carboxylic acids is 1. The van der Waals surface area contributed by atoms with Crippen LogP contribution >= 0.6 is 0 Å². The normalized spacial score (nSPS) is 10.4. The second-order valence-electron chi connectivity index (χ2n) is 3.28. The van der Waals surface area contributed by atoms with Gasteiger partial charge in [-0.15, -0.1) is 0 Å². The fourth-order valence-electron chi connectivity index (χ4n) is 1.30. The molecule has 0 unspecified atom stereocenters. The Bertz CT molecular complexity index is 465. The fourth-order valence-corrected chi connectivity index (χ4v) is 1.30. The van der Waals surface area contributed by atoms with Gasteiger partial charge in [0.2, 0.25) is 0 Å². The van der Waals surface area contributed by atoms with E-state index in [1.165, 1.54) is 0 Å². The number of pyridine rings is 1. The van der Waals surface area contributed by atoms with Crippen LogP contribution < -0.4 is 0 Å². The predicted molar refractivity (Wildman–Crippen MR) is 56.2 cm³/mol. The Morgan fingerprint density at radius 1 is 1.61 bits per heavy atom. The van der Waals surface area contributed by atoms with Gasteiger partial charge < -0.3 is 4.74 Å². The Labute approximate surface area is 101 Å². The molecule has 0 aromatic carbocycles. The summed E-state index contributed by atoms with van der Waals surface area (Å²) in [4.78, 5) is 24.4. The summed E-state index contributed by atoms with van der Waals surface area (Å²) >= 11 is 0. The molecule has 0 spiro atoms. The van der Waals surface area contributed by atoms with Crippen LogP contribution in [0.5, 0.6) is 0 Å². The molecule has 0 amide bonds. The van der Waals surface area contributed by atoms with Gasteiger partial charge in [0.15, 0.2) is 0 Å². The molecule has 0 aliphatic carbocycles. The molecule has 1 aromatic rings. The van der Waals surface area contributed by atoms with Gasteiger partial charge in [-0.3, -0.25) is 14.9 Å². The molecular formula is C10H10F2N2O4. The molecule has 1 rings (SSSR count). The molecule has 1 aromatic heterocycles. The summed E-state index contributed by atoms with van der Waals surface area (Å²) in [6.07, 6.45) is -2.57. The van der Waals surface area contributed by atoms with Gasteiger partial charge in [-0.05, 0) is 13.0 Å². The number of hydrogen-bond acceptors (Lipinski definition) is 5. The lowest BCUT2D eigenvalue weighted by Gasteiger charge is -2.05. The van der Waals surface area contributed by atoms with Crippen LogP contribution in [0.25, 0.3) is 0 Å². The maximum Gasteiger partial charge on any atom is 0.310 e. The third kappa shape index (κ3) is 3.44. The Morgan fingerprint density at radius 3 is 2.78 bits per heavy atom. The summed E-state index contributed by atoms with van der Waals surface area (Å²) in [5.74, 6) is -0.716. The maximum atomic E-state index is 12.4. The summed E-state index contributed by atoms with van der Waals surface area (Å²) < 4.78 is 29.4. The highest BCUT2D eigenvalue weighted by Crippen LogP contribution is 2.24. The van der Waals surface area contributed by atoms with E-state index in [0.717, 1.165) is 12.3 Å². The number of nitro groups is 1. The average Bonchev–Trinajstić information content (AvgIpc) is 2.28. The molecule has 0 bridgehead atoms. The van der Waals surface area contributed by atoms with Crippen molar-refractivity contribution < 1.29 is 23.2 Å². The van der Waals surface area contributed by atoms with Gasteiger partial charge in [0, 0.05) is 5.56 Å². The topological polar surface area (TPSA) is 82.3 Å². The van der Waals surface area contributed by atoms with Crippen molar-refractivity contribution in [3.63, 3.8) is 0 Å². The van der Waals surface area contributed by atoms with Crippen molar-refractivity contribution in [1.29, 1.82) is 0 Å². The Morgan fingerprint density at radius 2 is 2.28 bits per heavy atom. The average molecular weight is 260 g/mol. The number of carbonyl (C=O) groups is 1. The highest BCUT2D eigenvalue weighted by Gasteiger charge is 2.21. The van der Waals surface area contributed by atoms with Crippen molar-refractivity contribution in [2.45, 2.75) is 19.8 Å². The summed E-state index contributed by atoms with van der Waals surface area (Å²) in [6.45, 7) is 1.68. The highest BCUT2D eigenvalue weighted by atomic mass is 19.3. The predicted octanol–water partition coefficient (Wildman–Crippen LogP) is 2.03. The molecular weight excluding hydrogens is 250 g/mol. The highest BCUT2D eigenvalue weighted by molar-refractivity contribution is 5.74. The van der Waals surface area contributed by atoms with E-state index < -0.39 is 35.1 Å². The zero-order chi connectivity index (χ0) is 13.7. The first-order valence-electron chi connectivity index (χ1n) is 5.02. The SMILES string of the molecule is CCOC(=O)Cc1cc(C(F)F)ncc1[N+](=O)[O-]. The summed E-state index contributed by atoms with van der Waals surface area (Å²) in [5, 5.41) is 10.7. The van der Waals surface area contributed by atoms with Gasteiger partial charge in [0.05, 0.1) is 18.0 Å². The number of hydrogen-bond donors (Lipinski definition) is 0. The zero-order valence-corrected chi connectivity index (χ0v) is 9.43. The quantitative estimate of drug-likeness (QED) is 0.459. The van der Waals surface area contributed by atoms with E-state index in [0.29, 0.717) is 0 Å². The van der Waals surface area contributed by atoms with E-state index in [-0.39, 0.29) is 12.2 Å². The van der Waals surface area contributed by atoms with Crippen molar-refractivity contribution in [3.05, 3.63) is 33.6 Å². The van der Waals surface area contributed by atoms with Gasteiger partial charge in [0.1, 0.15) is 11.9 Å². The van der Waals surface area contributed by atoms with E-state index in [9.17, 15) is 23.7 Å². The first-order valence-corrected chi connectivity index (χ1v) is 5.02. The minimum Gasteiger partial charge on any atom is -0.466 e. The van der Waals surface area contributed by atoms with E-state index >= 15 is 0 Å². The summed E-state index contributed by atoms with van der Waals surface area (Å²) in [5.41, 5.74) is -1.23. The second kappa shape index (κ2) is 5.99. The number of alkyl halides is 2. The van der Waals surface area contributed by atoms with Gasteiger partial charge in [-0.1, -0.05) is 0 Å². The Kier molecular flexibility index (Phi) is 4.64. The van der Waals surface area contributed by atoms with Crippen molar-refractivity contribution >= 4 is 11.7 Å². The number of ether oxygens (including phenoxy) is 1. The maximum absolute atomic E-state index is 12.4. The van der Waals surface area contributed by atoms with Crippen molar-refractivity contribution in [2.75, 3.05) is 6.61 Å². The van der Waals surface area contributed by atoms with E-state index in [1.54, 1.807) is 6.92 Å². The van der Waals surface area contributed by atoms with E-state index in [4.69, 9.17) is 0 Å². The molecule has 0 saturated carbocycles. The van der Waals surface area contributed by atoms with Gasteiger partial charge in [-0.25, -0.2) is 13.8 Å². The lowest BCUT2D eigenvalue weighted by atomic mass is 10.1. The van der Waals surface area contributed by atoms with Crippen LogP contribution in [0.2, 0.25) is 0 Å². The van der Waals surface area contributed by atoms with Crippen molar-refractivity contribution in [2.24, 2.45) is 0 Å². The first kappa shape index (κ1) is 13.9. The van der Waals surface area contributed by atoms with Crippen molar-refractivity contribution in [3.8, 4) is 0 Å². The zero-order valence-electron chi connectivity index (χ0n) is 9.43. The molecule has 18 heavy (non-hydrogen) atoms. The van der Waals surface area contributed by atoms with Crippen molar-refractivity contribution in [1.82, 2.24) is 4.98 Å².